The summed E-state index contributed by atoms with van der Waals surface area (Å²) in [4.78, 5) is 23.0. The van der Waals surface area contributed by atoms with E-state index >= 15 is 0 Å². The van der Waals surface area contributed by atoms with Crippen molar-refractivity contribution in [1.82, 2.24) is 14.9 Å². The van der Waals surface area contributed by atoms with E-state index in [1.165, 1.54) is 6.07 Å². The van der Waals surface area contributed by atoms with Crippen molar-refractivity contribution in [2.45, 2.75) is 26.7 Å². The van der Waals surface area contributed by atoms with Crippen molar-refractivity contribution < 1.29 is 9.18 Å². The molecule has 24 heavy (non-hydrogen) atoms. The van der Waals surface area contributed by atoms with Gasteiger partial charge in [-0.2, -0.15) is 0 Å². The van der Waals surface area contributed by atoms with E-state index in [-0.39, 0.29) is 23.4 Å². The van der Waals surface area contributed by atoms with Crippen LogP contribution >= 0.6 is 0 Å². The normalized spacial score (nSPS) is 15.4. The van der Waals surface area contributed by atoms with Crippen LogP contribution in [0.5, 0.6) is 0 Å². The summed E-state index contributed by atoms with van der Waals surface area (Å²) in [5, 5.41) is 2.85. The van der Waals surface area contributed by atoms with Crippen molar-refractivity contribution in [3.8, 4) is 0 Å². The molecule has 3 rings (SSSR count). The Balaban J connectivity index is 1.81. The lowest BCUT2D eigenvalue weighted by Gasteiger charge is -2.30. The van der Waals surface area contributed by atoms with Gasteiger partial charge < -0.3 is 10.2 Å². The topological polar surface area (TPSA) is 58.1 Å². The maximum absolute atomic E-state index is 13.8. The van der Waals surface area contributed by atoms with Crippen LogP contribution in [0.2, 0.25) is 0 Å². The first-order valence-electron chi connectivity index (χ1n) is 8.19. The molecule has 1 aliphatic rings. The zero-order valence-electron chi connectivity index (χ0n) is 13.9. The van der Waals surface area contributed by atoms with Gasteiger partial charge in [0, 0.05) is 18.8 Å². The predicted octanol–water partition coefficient (Wildman–Crippen LogP) is 3.54. The second kappa shape index (κ2) is 6.95. The minimum Gasteiger partial charge on any atom is -0.337 e. The third-order valence-electron chi connectivity index (χ3n) is 4.26. The number of hydrogen-bond donors (Lipinski definition) is 1. The lowest BCUT2D eigenvalue weighted by atomic mass is 9.99. The zero-order valence-corrected chi connectivity index (χ0v) is 13.9. The van der Waals surface area contributed by atoms with Gasteiger partial charge in [-0.05, 0) is 43.9 Å². The number of nitrogens with zero attached hydrogens (tertiary/aromatic N) is 3. The van der Waals surface area contributed by atoms with Crippen LogP contribution in [0.15, 0.2) is 30.3 Å². The first-order valence-corrected chi connectivity index (χ1v) is 8.19. The van der Waals surface area contributed by atoms with Crippen LogP contribution in [0.25, 0.3) is 0 Å². The molecule has 0 saturated carbocycles. The fraction of sp³-hybridized carbons (Fsp3) is 0.389. The fourth-order valence-electron chi connectivity index (χ4n) is 2.79. The standard InChI is InChI=1S/C18H21FN4O/c1-12-7-9-23(10-8-12)17(24)16-11-13(2)20-18(22-16)21-15-6-4-3-5-14(15)19/h3-6,11-12H,7-10H2,1-2H3,(H,20,21,22). The van der Waals surface area contributed by atoms with Gasteiger partial charge in [0.1, 0.15) is 11.5 Å². The van der Waals surface area contributed by atoms with E-state index < -0.39 is 0 Å². The van der Waals surface area contributed by atoms with Crippen molar-refractivity contribution in [1.29, 1.82) is 0 Å². The molecule has 1 fully saturated rings. The van der Waals surface area contributed by atoms with Crippen LogP contribution in [0.3, 0.4) is 0 Å². The summed E-state index contributed by atoms with van der Waals surface area (Å²) >= 11 is 0. The Morgan fingerprint density at radius 2 is 1.96 bits per heavy atom. The Morgan fingerprint density at radius 3 is 2.67 bits per heavy atom. The fourth-order valence-corrected chi connectivity index (χ4v) is 2.79. The van der Waals surface area contributed by atoms with Crippen LogP contribution in [-0.2, 0) is 0 Å². The van der Waals surface area contributed by atoms with Gasteiger partial charge >= 0.3 is 0 Å². The number of amides is 1. The molecule has 1 aliphatic heterocycles. The third kappa shape index (κ3) is 3.69. The number of aryl methyl sites for hydroxylation is 1. The molecule has 0 atom stereocenters. The number of piperidine rings is 1. The molecule has 0 spiro atoms. The maximum atomic E-state index is 13.8. The van der Waals surface area contributed by atoms with Crippen molar-refractivity contribution in [2.75, 3.05) is 18.4 Å². The number of benzene rings is 1. The van der Waals surface area contributed by atoms with Crippen molar-refractivity contribution >= 4 is 17.5 Å². The third-order valence-corrected chi connectivity index (χ3v) is 4.26. The molecule has 0 bridgehead atoms. The quantitative estimate of drug-likeness (QED) is 0.936. The van der Waals surface area contributed by atoms with E-state index in [4.69, 9.17) is 0 Å². The molecule has 6 heteroatoms. The van der Waals surface area contributed by atoms with E-state index in [0.29, 0.717) is 17.3 Å². The van der Waals surface area contributed by atoms with Gasteiger partial charge in [-0.3, -0.25) is 4.79 Å². The van der Waals surface area contributed by atoms with Gasteiger partial charge in [0.25, 0.3) is 5.91 Å². The summed E-state index contributed by atoms with van der Waals surface area (Å²) in [6.07, 6.45) is 2.02. The van der Waals surface area contributed by atoms with Gasteiger partial charge in [-0.1, -0.05) is 19.1 Å². The van der Waals surface area contributed by atoms with Crippen molar-refractivity contribution in [2.24, 2.45) is 5.92 Å². The summed E-state index contributed by atoms with van der Waals surface area (Å²) < 4.78 is 13.8. The Labute approximate surface area is 140 Å². The summed E-state index contributed by atoms with van der Waals surface area (Å²) in [7, 11) is 0. The molecule has 0 radical (unpaired) electrons. The number of carbonyl (C=O) groups is 1. The highest BCUT2D eigenvalue weighted by Gasteiger charge is 2.23. The molecule has 0 aliphatic carbocycles. The van der Waals surface area contributed by atoms with E-state index in [2.05, 4.69) is 22.2 Å². The largest absolute Gasteiger partial charge is 0.337 e. The zero-order chi connectivity index (χ0) is 17.1. The number of rotatable bonds is 3. The average Bonchev–Trinajstić information content (AvgIpc) is 2.56. The minimum absolute atomic E-state index is 0.0935. The molecule has 1 amide bonds. The van der Waals surface area contributed by atoms with Gasteiger partial charge in [0.15, 0.2) is 0 Å². The van der Waals surface area contributed by atoms with Crippen molar-refractivity contribution in [3.05, 3.63) is 47.5 Å². The molecular formula is C18H21FN4O. The number of hydrogen-bond acceptors (Lipinski definition) is 4. The number of halogens is 1. The average molecular weight is 328 g/mol. The highest BCUT2D eigenvalue weighted by molar-refractivity contribution is 5.92. The lowest BCUT2D eigenvalue weighted by molar-refractivity contribution is 0.0691. The van der Waals surface area contributed by atoms with Gasteiger partial charge in [0.2, 0.25) is 5.95 Å². The molecule has 1 N–H and O–H groups in total. The Bertz CT molecular complexity index is 742. The van der Waals surface area contributed by atoms with Crippen LogP contribution in [-0.4, -0.2) is 33.9 Å². The summed E-state index contributed by atoms with van der Waals surface area (Å²) in [5.41, 5.74) is 1.29. The van der Waals surface area contributed by atoms with Gasteiger partial charge in [-0.25, -0.2) is 14.4 Å². The molecular weight excluding hydrogens is 307 g/mol. The highest BCUT2D eigenvalue weighted by atomic mass is 19.1. The maximum Gasteiger partial charge on any atom is 0.272 e. The number of anilines is 2. The minimum atomic E-state index is -0.388. The molecule has 2 aromatic rings. The Hall–Kier alpha value is -2.50. The molecule has 0 unspecified atom stereocenters. The highest BCUT2D eigenvalue weighted by Crippen LogP contribution is 2.20. The van der Waals surface area contributed by atoms with E-state index in [1.54, 1.807) is 31.2 Å². The Kier molecular flexibility index (Phi) is 4.74. The van der Waals surface area contributed by atoms with Crippen molar-refractivity contribution in [3.63, 3.8) is 0 Å². The van der Waals surface area contributed by atoms with Crippen LogP contribution < -0.4 is 5.32 Å². The van der Waals surface area contributed by atoms with E-state index in [9.17, 15) is 9.18 Å². The Morgan fingerprint density at radius 1 is 1.25 bits per heavy atom. The smallest absolute Gasteiger partial charge is 0.272 e. The lowest BCUT2D eigenvalue weighted by Crippen LogP contribution is -2.38. The van der Waals surface area contributed by atoms with Gasteiger partial charge in [0.05, 0.1) is 5.69 Å². The van der Waals surface area contributed by atoms with Crippen LogP contribution in [0.1, 0.15) is 35.9 Å². The number of likely N-dealkylation sites (tertiary alicyclic amines) is 1. The molecule has 2 heterocycles. The molecule has 1 aromatic heterocycles. The van der Waals surface area contributed by atoms with E-state index in [0.717, 1.165) is 25.9 Å². The first kappa shape index (κ1) is 16.4. The molecule has 5 nitrogen and oxygen atoms in total. The second-order valence-corrected chi connectivity index (χ2v) is 6.30. The predicted molar refractivity (Wildman–Crippen MR) is 90.8 cm³/mol. The molecule has 126 valence electrons. The summed E-state index contributed by atoms with van der Waals surface area (Å²) in [6, 6.07) is 7.98. The van der Waals surface area contributed by atoms with Gasteiger partial charge in [-0.15, -0.1) is 0 Å². The number of para-hydroxylation sites is 1. The second-order valence-electron chi connectivity index (χ2n) is 6.30. The summed E-state index contributed by atoms with van der Waals surface area (Å²) in [5.74, 6) is 0.401. The molecule has 1 aromatic carbocycles. The van der Waals surface area contributed by atoms with E-state index in [1.807, 2.05) is 4.90 Å². The molecule has 1 saturated heterocycles. The number of nitrogens with one attached hydrogen (secondary N) is 1. The first-order chi connectivity index (χ1) is 11.5. The SMILES string of the molecule is Cc1cc(C(=O)N2CCC(C)CC2)nc(Nc2ccccc2F)n1. The number of aromatic nitrogens is 2. The monoisotopic (exact) mass is 328 g/mol. The van der Waals surface area contributed by atoms with Crippen LogP contribution in [0.4, 0.5) is 16.0 Å². The number of carbonyl (C=O) groups excluding carboxylic acids is 1. The summed E-state index contributed by atoms with van der Waals surface area (Å²) in [6.45, 7) is 5.49. The van der Waals surface area contributed by atoms with Crippen LogP contribution in [0, 0.1) is 18.7 Å².